The topological polar surface area (TPSA) is 77.0 Å². The molecule has 0 heterocycles. The molecule has 0 bridgehead atoms. The van der Waals surface area contributed by atoms with Crippen molar-refractivity contribution < 1.29 is 33.5 Å². The second-order valence-electron chi connectivity index (χ2n) is 3.69. The summed E-state index contributed by atoms with van der Waals surface area (Å²) in [7, 11) is 0. The summed E-state index contributed by atoms with van der Waals surface area (Å²) in [6, 6.07) is 4.44. The molecule has 0 aromatic heterocycles. The standard InChI is InChI=1S/C10H10F3NO3/c1-9(14,8(15)16)6-2-4-7(5-3-6)17-10(11,12)13/h2-5H,14H2,1H3,(H,15,16)/t9-/m0/s1. The molecule has 1 rings (SSSR count). The number of ether oxygens (including phenoxy) is 1. The first-order valence-corrected chi connectivity index (χ1v) is 4.56. The third kappa shape index (κ3) is 3.35. The Labute approximate surface area is 94.8 Å². The van der Waals surface area contributed by atoms with Gasteiger partial charge in [-0.15, -0.1) is 13.2 Å². The van der Waals surface area contributed by atoms with Gasteiger partial charge in [-0.2, -0.15) is 0 Å². The maximum Gasteiger partial charge on any atom is 0.573 e. The first-order chi connectivity index (χ1) is 7.63. The van der Waals surface area contributed by atoms with Crippen molar-refractivity contribution in [2.45, 2.75) is 18.8 Å². The number of aliphatic carboxylic acids is 1. The number of carbonyl (C=O) groups excluding carboxylic acids is 1. The lowest BCUT2D eigenvalue weighted by atomic mass is 9.93. The molecule has 7 heteroatoms. The minimum absolute atomic E-state index is 0.229. The summed E-state index contributed by atoms with van der Waals surface area (Å²) in [5.41, 5.74) is 2.13. The highest BCUT2D eigenvalue weighted by molar-refractivity contribution is 5.76. The van der Waals surface area contributed by atoms with Crippen LogP contribution >= 0.6 is 0 Å². The molecule has 0 unspecified atom stereocenters. The fraction of sp³-hybridized carbons (Fsp3) is 0.300. The summed E-state index contributed by atoms with van der Waals surface area (Å²) >= 11 is 0. The molecule has 17 heavy (non-hydrogen) atoms. The number of rotatable bonds is 3. The van der Waals surface area contributed by atoms with E-state index in [-0.39, 0.29) is 5.56 Å². The van der Waals surface area contributed by atoms with Crippen LogP contribution in [0.4, 0.5) is 13.2 Å². The molecule has 0 aliphatic rings. The van der Waals surface area contributed by atoms with Crippen LogP contribution in [0.1, 0.15) is 12.5 Å². The van der Waals surface area contributed by atoms with E-state index in [1.807, 2.05) is 0 Å². The van der Waals surface area contributed by atoms with Crippen LogP contribution in [-0.2, 0) is 10.3 Å². The lowest BCUT2D eigenvalue weighted by molar-refractivity contribution is -0.489. The zero-order valence-corrected chi connectivity index (χ0v) is 8.88. The van der Waals surface area contributed by atoms with Crippen molar-refractivity contribution in [3.8, 4) is 5.75 Å². The molecule has 4 nitrogen and oxygen atoms in total. The van der Waals surface area contributed by atoms with Gasteiger partial charge < -0.3 is 20.4 Å². The van der Waals surface area contributed by atoms with Crippen LogP contribution in [0.2, 0.25) is 0 Å². The van der Waals surface area contributed by atoms with Gasteiger partial charge in [0.2, 0.25) is 0 Å². The zero-order chi connectivity index (χ0) is 13.3. The Hall–Kier alpha value is -1.76. The van der Waals surface area contributed by atoms with Gasteiger partial charge in [0.05, 0.1) is 0 Å². The molecule has 0 aliphatic carbocycles. The Morgan fingerprint density at radius 1 is 1.29 bits per heavy atom. The summed E-state index contributed by atoms with van der Waals surface area (Å²) in [6.07, 6.45) is -4.77. The summed E-state index contributed by atoms with van der Waals surface area (Å²) < 4.78 is 39.2. The number of benzene rings is 1. The Morgan fingerprint density at radius 2 is 1.76 bits per heavy atom. The molecule has 1 aromatic carbocycles. The van der Waals surface area contributed by atoms with E-state index in [9.17, 15) is 23.1 Å². The third-order valence-electron chi connectivity index (χ3n) is 2.18. The van der Waals surface area contributed by atoms with E-state index in [1.54, 1.807) is 0 Å². The highest BCUT2D eigenvalue weighted by atomic mass is 19.4. The van der Waals surface area contributed by atoms with E-state index < -0.39 is 23.6 Å². The zero-order valence-electron chi connectivity index (χ0n) is 8.88. The van der Waals surface area contributed by atoms with E-state index in [0.717, 1.165) is 12.1 Å². The van der Waals surface area contributed by atoms with Gasteiger partial charge in [0.25, 0.3) is 0 Å². The SMILES string of the molecule is C[C@@]([NH3+])(C(=O)[O-])c1ccc(OC(F)(F)F)cc1. The first kappa shape index (κ1) is 13.3. The van der Waals surface area contributed by atoms with Gasteiger partial charge in [-0.25, -0.2) is 0 Å². The Kier molecular flexibility index (Phi) is 3.33. The number of alkyl halides is 3. The Morgan fingerprint density at radius 3 is 2.12 bits per heavy atom. The summed E-state index contributed by atoms with van der Waals surface area (Å²) in [5, 5.41) is 10.8. The number of carboxylic acids is 1. The maximum atomic E-state index is 11.9. The van der Waals surface area contributed by atoms with Crippen molar-refractivity contribution in [1.82, 2.24) is 0 Å². The summed E-state index contributed by atoms with van der Waals surface area (Å²) in [4.78, 5) is 10.8. The van der Waals surface area contributed by atoms with E-state index in [1.165, 1.54) is 19.1 Å². The molecule has 94 valence electrons. The minimum Gasteiger partial charge on any atom is -0.543 e. The predicted molar refractivity (Wildman–Crippen MR) is 48.4 cm³/mol. The predicted octanol–water partition coefficient (Wildman–Crippen LogP) is -0.208. The van der Waals surface area contributed by atoms with Crippen LogP contribution in [0.3, 0.4) is 0 Å². The van der Waals surface area contributed by atoms with Crippen molar-refractivity contribution in [3.05, 3.63) is 29.8 Å². The van der Waals surface area contributed by atoms with Gasteiger partial charge in [0.15, 0.2) is 5.54 Å². The average molecular weight is 249 g/mol. The van der Waals surface area contributed by atoms with Gasteiger partial charge in [-0.1, -0.05) is 0 Å². The van der Waals surface area contributed by atoms with Gasteiger partial charge in [-0.3, -0.25) is 0 Å². The molecule has 0 saturated carbocycles. The van der Waals surface area contributed by atoms with Crippen molar-refractivity contribution in [2.24, 2.45) is 0 Å². The largest absolute Gasteiger partial charge is 0.573 e. The van der Waals surface area contributed by atoms with Crippen molar-refractivity contribution in [2.75, 3.05) is 0 Å². The van der Waals surface area contributed by atoms with Crippen LogP contribution in [0.25, 0.3) is 0 Å². The number of carbonyl (C=O) groups is 1. The molecule has 1 atom stereocenters. The molecule has 0 radical (unpaired) electrons. The quantitative estimate of drug-likeness (QED) is 0.805. The lowest BCUT2D eigenvalue weighted by Gasteiger charge is -2.22. The molecule has 0 fully saturated rings. The van der Waals surface area contributed by atoms with Gasteiger partial charge in [0, 0.05) is 12.5 Å². The Bertz CT molecular complexity index is 412. The number of quaternary nitrogens is 1. The van der Waals surface area contributed by atoms with Gasteiger partial charge in [0.1, 0.15) is 11.7 Å². The highest BCUT2D eigenvalue weighted by Crippen LogP contribution is 2.24. The van der Waals surface area contributed by atoms with E-state index in [2.05, 4.69) is 10.5 Å². The van der Waals surface area contributed by atoms with Crippen LogP contribution in [0.5, 0.6) is 5.75 Å². The van der Waals surface area contributed by atoms with Crippen molar-refractivity contribution in [1.29, 1.82) is 0 Å². The van der Waals surface area contributed by atoms with Crippen molar-refractivity contribution in [3.63, 3.8) is 0 Å². The number of hydrogen-bond acceptors (Lipinski definition) is 3. The van der Waals surface area contributed by atoms with E-state index >= 15 is 0 Å². The monoisotopic (exact) mass is 249 g/mol. The van der Waals surface area contributed by atoms with E-state index in [0.29, 0.717) is 0 Å². The number of hydrogen-bond donors (Lipinski definition) is 1. The smallest absolute Gasteiger partial charge is 0.543 e. The third-order valence-corrected chi connectivity index (χ3v) is 2.18. The lowest BCUT2D eigenvalue weighted by Crippen LogP contribution is -2.75. The molecule has 1 aromatic rings. The van der Waals surface area contributed by atoms with Gasteiger partial charge in [-0.05, 0) is 24.3 Å². The maximum absolute atomic E-state index is 11.9. The van der Waals surface area contributed by atoms with E-state index in [4.69, 9.17) is 0 Å². The van der Waals surface area contributed by atoms with Crippen LogP contribution in [-0.4, -0.2) is 12.3 Å². The number of halogens is 3. The molecule has 0 amide bonds. The number of carboxylic acid groups (broad SMARTS) is 1. The first-order valence-electron chi connectivity index (χ1n) is 4.56. The summed E-state index contributed by atoms with van der Waals surface area (Å²) in [5.74, 6) is -1.84. The minimum atomic E-state index is -4.77. The molecular formula is C10H10F3NO3. The molecule has 0 aliphatic heterocycles. The second kappa shape index (κ2) is 4.25. The average Bonchev–Trinajstić information content (AvgIpc) is 2.15. The van der Waals surface area contributed by atoms with Crippen LogP contribution in [0.15, 0.2) is 24.3 Å². The normalized spacial score (nSPS) is 15.1. The van der Waals surface area contributed by atoms with Gasteiger partial charge >= 0.3 is 6.36 Å². The molecular weight excluding hydrogens is 239 g/mol. The molecule has 0 spiro atoms. The fourth-order valence-electron chi connectivity index (χ4n) is 1.14. The second-order valence-corrected chi connectivity index (χ2v) is 3.69. The summed E-state index contributed by atoms with van der Waals surface area (Å²) in [6.45, 7) is 1.29. The molecule has 3 N–H and O–H groups in total. The highest BCUT2D eigenvalue weighted by Gasteiger charge is 2.32. The Balaban J connectivity index is 2.93. The van der Waals surface area contributed by atoms with Crippen LogP contribution in [0, 0.1) is 0 Å². The fourth-order valence-corrected chi connectivity index (χ4v) is 1.14. The molecule has 0 saturated heterocycles. The van der Waals surface area contributed by atoms with Crippen molar-refractivity contribution >= 4 is 5.97 Å². The van der Waals surface area contributed by atoms with Crippen LogP contribution < -0.4 is 15.6 Å².